The van der Waals surface area contributed by atoms with Crippen LogP contribution < -0.4 is 0 Å². The van der Waals surface area contributed by atoms with Crippen molar-refractivity contribution in [1.29, 1.82) is 0 Å². The number of rotatable bonds is 2. The van der Waals surface area contributed by atoms with E-state index in [2.05, 4.69) is 15.3 Å². The van der Waals surface area contributed by atoms with Crippen molar-refractivity contribution in [3.63, 3.8) is 0 Å². The number of nitrogens with zero attached hydrogens (tertiary/aromatic N) is 3. The van der Waals surface area contributed by atoms with Gasteiger partial charge in [0.2, 0.25) is 0 Å². The van der Waals surface area contributed by atoms with Crippen LogP contribution in [0.2, 0.25) is 0 Å². The molecule has 0 amide bonds. The molecule has 0 saturated carbocycles. The van der Waals surface area contributed by atoms with Crippen molar-refractivity contribution in [2.24, 2.45) is 0 Å². The van der Waals surface area contributed by atoms with E-state index in [1.807, 2.05) is 0 Å². The quantitative estimate of drug-likeness (QED) is 0.809. The molecule has 2 N–H and O–H groups in total. The van der Waals surface area contributed by atoms with Crippen LogP contribution in [0.5, 0.6) is 0 Å². The minimum atomic E-state index is -4.53. The molecule has 0 aliphatic heterocycles. The third kappa shape index (κ3) is 5.59. The topological polar surface area (TPSA) is 83.8 Å². The molecule has 6 nitrogen and oxygen atoms in total. The number of aromatic nitrogens is 4. The molecule has 0 aliphatic carbocycles. The Labute approximate surface area is 131 Å². The molecule has 12 heteroatoms. The number of hydrogen-bond acceptors (Lipinski definition) is 3. The number of carboxylic acid groups (broad SMARTS) is 1. The summed E-state index contributed by atoms with van der Waals surface area (Å²) >= 11 is 0. The molecule has 2 heterocycles. The number of aryl methyl sites for hydroxylation is 2. The minimum absolute atomic E-state index is 0.166. The van der Waals surface area contributed by atoms with Gasteiger partial charge in [-0.1, -0.05) is 0 Å². The molecule has 0 bridgehead atoms. The van der Waals surface area contributed by atoms with Crippen molar-refractivity contribution in [2.45, 2.75) is 32.7 Å². The summed E-state index contributed by atoms with van der Waals surface area (Å²) in [5, 5.41) is 16.7. The Hall–Kier alpha value is -2.53. The Kier molecular flexibility index (Phi) is 5.63. The molecule has 0 unspecified atom stereocenters. The maximum absolute atomic E-state index is 12.1. The number of aromatic amines is 1. The number of aliphatic carboxylic acids is 1. The van der Waals surface area contributed by atoms with Gasteiger partial charge in [0.25, 0.3) is 0 Å². The molecule has 0 aromatic carbocycles. The van der Waals surface area contributed by atoms with E-state index in [0.29, 0.717) is 5.69 Å². The summed E-state index contributed by atoms with van der Waals surface area (Å²) in [5.41, 5.74) is -1.37. The van der Waals surface area contributed by atoms with Crippen molar-refractivity contribution >= 4 is 5.97 Å². The van der Waals surface area contributed by atoms with Gasteiger partial charge in [0.05, 0.1) is 0 Å². The van der Waals surface area contributed by atoms with Crippen LogP contribution in [0.3, 0.4) is 0 Å². The van der Waals surface area contributed by atoms with E-state index in [1.54, 1.807) is 0 Å². The van der Waals surface area contributed by atoms with Crippen LogP contribution in [0.4, 0.5) is 26.3 Å². The summed E-state index contributed by atoms with van der Waals surface area (Å²) in [6, 6.07) is 1.77. The van der Waals surface area contributed by atoms with E-state index in [-0.39, 0.29) is 5.69 Å². The molecule has 2 aromatic rings. The van der Waals surface area contributed by atoms with Crippen LogP contribution in [-0.4, -0.2) is 31.1 Å². The van der Waals surface area contributed by atoms with Crippen molar-refractivity contribution in [2.75, 3.05) is 0 Å². The maximum Gasteiger partial charge on any atom is 0.435 e. The van der Waals surface area contributed by atoms with E-state index in [0.717, 1.165) is 16.8 Å². The normalized spacial score (nSPS) is 11.8. The Morgan fingerprint density at radius 2 is 1.67 bits per heavy atom. The van der Waals surface area contributed by atoms with Gasteiger partial charge in [-0.15, -0.1) is 0 Å². The molecule has 134 valence electrons. The van der Waals surface area contributed by atoms with Crippen LogP contribution in [0.15, 0.2) is 12.1 Å². The summed E-state index contributed by atoms with van der Waals surface area (Å²) in [6.07, 6.45) is -8.86. The van der Waals surface area contributed by atoms with Crippen LogP contribution >= 0.6 is 0 Å². The van der Waals surface area contributed by atoms with E-state index in [9.17, 15) is 31.1 Å². The first-order chi connectivity index (χ1) is 10.8. The van der Waals surface area contributed by atoms with Gasteiger partial charge in [-0.05, 0) is 26.0 Å². The highest BCUT2D eigenvalue weighted by Crippen LogP contribution is 2.28. The Bertz CT molecular complexity index is 701. The van der Waals surface area contributed by atoms with Crippen molar-refractivity contribution in [3.8, 4) is 0 Å². The smallest absolute Gasteiger partial charge is 0.435 e. The summed E-state index contributed by atoms with van der Waals surface area (Å²) in [6.45, 7) is 2.31. The fourth-order valence-electron chi connectivity index (χ4n) is 1.50. The van der Waals surface area contributed by atoms with Crippen molar-refractivity contribution < 1.29 is 36.2 Å². The SMILES string of the molecule is Cc1cc(C(F)(F)F)n[nH]1.Cc1cc(C(F)(F)F)nn1CC(=O)O. The first-order valence-corrected chi connectivity index (χ1v) is 6.23. The maximum atomic E-state index is 12.1. The minimum Gasteiger partial charge on any atom is -0.480 e. The second kappa shape index (κ2) is 6.93. The summed E-state index contributed by atoms with van der Waals surface area (Å²) in [5.74, 6) is -1.23. The van der Waals surface area contributed by atoms with Gasteiger partial charge in [0.15, 0.2) is 11.4 Å². The van der Waals surface area contributed by atoms with Crippen LogP contribution in [0.25, 0.3) is 0 Å². The highest BCUT2D eigenvalue weighted by Gasteiger charge is 2.34. The van der Waals surface area contributed by atoms with Gasteiger partial charge < -0.3 is 5.11 Å². The average molecular weight is 358 g/mol. The lowest BCUT2D eigenvalue weighted by atomic mass is 10.4. The lowest BCUT2D eigenvalue weighted by Crippen LogP contribution is -2.13. The monoisotopic (exact) mass is 358 g/mol. The summed E-state index contributed by atoms with van der Waals surface area (Å²) in [4.78, 5) is 10.2. The standard InChI is InChI=1S/C7H7F3N2O2.C5H5F3N2/c1-4-2-5(7(8,9)10)11-12(4)3-6(13)14;1-3-2-4(10-9-3)5(6,7)8/h2H,3H2,1H3,(H,13,14);2H,1H3,(H,9,10). The van der Waals surface area contributed by atoms with Crippen molar-refractivity contribution in [3.05, 3.63) is 34.9 Å². The number of alkyl halides is 6. The van der Waals surface area contributed by atoms with Crippen LogP contribution in [-0.2, 0) is 23.7 Å². The summed E-state index contributed by atoms with van der Waals surface area (Å²) < 4.78 is 72.2. The zero-order valence-corrected chi connectivity index (χ0v) is 12.3. The Balaban J connectivity index is 0.000000254. The van der Waals surface area contributed by atoms with Crippen LogP contribution in [0.1, 0.15) is 22.8 Å². The number of carbonyl (C=O) groups is 1. The molecule has 0 radical (unpaired) electrons. The summed E-state index contributed by atoms with van der Waals surface area (Å²) in [7, 11) is 0. The fourth-order valence-corrected chi connectivity index (χ4v) is 1.50. The molecule has 0 atom stereocenters. The number of halogens is 6. The molecule has 24 heavy (non-hydrogen) atoms. The lowest BCUT2D eigenvalue weighted by Gasteiger charge is -2.00. The van der Waals surface area contributed by atoms with E-state index in [1.165, 1.54) is 13.8 Å². The second-order valence-corrected chi connectivity index (χ2v) is 4.65. The van der Waals surface area contributed by atoms with Gasteiger partial charge in [-0.3, -0.25) is 14.6 Å². The predicted molar refractivity (Wildman–Crippen MR) is 67.9 cm³/mol. The molecule has 0 saturated heterocycles. The third-order valence-corrected chi connectivity index (χ3v) is 2.55. The lowest BCUT2D eigenvalue weighted by molar-refractivity contribution is -0.143. The molecule has 0 fully saturated rings. The first kappa shape index (κ1) is 19.5. The molecule has 0 aliphatic rings. The highest BCUT2D eigenvalue weighted by atomic mass is 19.4. The van der Waals surface area contributed by atoms with E-state index < -0.39 is 36.3 Å². The second-order valence-electron chi connectivity index (χ2n) is 4.65. The molecule has 0 spiro atoms. The average Bonchev–Trinajstić information content (AvgIpc) is 2.96. The number of carboxylic acids is 1. The van der Waals surface area contributed by atoms with E-state index in [4.69, 9.17) is 5.11 Å². The Morgan fingerprint density at radius 1 is 1.12 bits per heavy atom. The zero-order valence-electron chi connectivity index (χ0n) is 12.3. The van der Waals surface area contributed by atoms with Crippen LogP contribution in [0, 0.1) is 13.8 Å². The molecular formula is C12H12F6N4O2. The number of nitrogens with one attached hydrogen (secondary N) is 1. The number of hydrogen-bond donors (Lipinski definition) is 2. The van der Waals surface area contributed by atoms with Crippen molar-refractivity contribution in [1.82, 2.24) is 20.0 Å². The first-order valence-electron chi connectivity index (χ1n) is 6.23. The van der Waals surface area contributed by atoms with Gasteiger partial charge in [0, 0.05) is 11.4 Å². The van der Waals surface area contributed by atoms with E-state index >= 15 is 0 Å². The molecular weight excluding hydrogens is 346 g/mol. The predicted octanol–water partition coefficient (Wildman–Crippen LogP) is 3.03. The van der Waals surface area contributed by atoms with Gasteiger partial charge in [-0.2, -0.15) is 36.5 Å². The highest BCUT2D eigenvalue weighted by molar-refractivity contribution is 5.66. The largest absolute Gasteiger partial charge is 0.480 e. The molecule has 2 aromatic heterocycles. The van der Waals surface area contributed by atoms with Gasteiger partial charge in [0.1, 0.15) is 6.54 Å². The zero-order chi connectivity index (χ0) is 18.7. The number of H-pyrrole nitrogens is 1. The van der Waals surface area contributed by atoms with Gasteiger partial charge >= 0.3 is 18.3 Å². The third-order valence-electron chi connectivity index (χ3n) is 2.55. The molecule has 2 rings (SSSR count). The fraction of sp³-hybridized carbons (Fsp3) is 0.417. The Morgan fingerprint density at radius 3 is 1.96 bits per heavy atom. The van der Waals surface area contributed by atoms with Gasteiger partial charge in [-0.25, -0.2) is 0 Å².